The van der Waals surface area contributed by atoms with E-state index in [1.807, 2.05) is 0 Å². The number of carbonyl (C=O) groups is 2. The first-order chi connectivity index (χ1) is 7.54. The highest BCUT2D eigenvalue weighted by atomic mass is 19.1. The van der Waals surface area contributed by atoms with Crippen molar-refractivity contribution in [3.8, 4) is 0 Å². The van der Waals surface area contributed by atoms with Crippen LogP contribution < -0.4 is 0 Å². The van der Waals surface area contributed by atoms with Crippen LogP contribution in [0.3, 0.4) is 0 Å². The van der Waals surface area contributed by atoms with Crippen molar-refractivity contribution in [3.63, 3.8) is 0 Å². The standard InChI is InChI=1S/C12H13FO3/c1-8(12(15)16-2)11(14)7-9-3-5-10(13)6-4-9/h3-6,8H,7H2,1-2H3. The maximum Gasteiger partial charge on any atom is 0.315 e. The molecule has 1 unspecified atom stereocenters. The molecule has 3 nitrogen and oxygen atoms in total. The Balaban J connectivity index is 2.64. The minimum atomic E-state index is -0.782. The van der Waals surface area contributed by atoms with Gasteiger partial charge in [-0.3, -0.25) is 9.59 Å². The lowest BCUT2D eigenvalue weighted by Gasteiger charge is -2.07. The Morgan fingerprint density at radius 3 is 2.38 bits per heavy atom. The van der Waals surface area contributed by atoms with Crippen molar-refractivity contribution >= 4 is 11.8 Å². The molecule has 0 amide bonds. The van der Waals surface area contributed by atoms with Crippen LogP contribution in [0.25, 0.3) is 0 Å². The van der Waals surface area contributed by atoms with Gasteiger partial charge >= 0.3 is 5.97 Å². The Labute approximate surface area is 93.2 Å². The molecule has 4 heteroatoms. The summed E-state index contributed by atoms with van der Waals surface area (Å²) < 4.78 is 17.1. The topological polar surface area (TPSA) is 43.4 Å². The molecular weight excluding hydrogens is 211 g/mol. The zero-order valence-electron chi connectivity index (χ0n) is 9.20. The van der Waals surface area contributed by atoms with E-state index in [2.05, 4.69) is 4.74 Å². The molecule has 1 aromatic rings. The third kappa shape index (κ3) is 3.15. The van der Waals surface area contributed by atoms with Gasteiger partial charge in [0.15, 0.2) is 5.78 Å². The summed E-state index contributed by atoms with van der Waals surface area (Å²) in [6.07, 6.45) is 0.108. The molecule has 1 atom stereocenters. The molecule has 0 radical (unpaired) electrons. The maximum atomic E-state index is 12.6. The number of ketones is 1. The minimum absolute atomic E-state index is 0.108. The number of methoxy groups -OCH3 is 1. The lowest BCUT2D eigenvalue weighted by Crippen LogP contribution is -2.23. The second-order valence-electron chi connectivity index (χ2n) is 3.51. The Morgan fingerprint density at radius 1 is 1.31 bits per heavy atom. The zero-order valence-corrected chi connectivity index (χ0v) is 9.20. The summed E-state index contributed by atoms with van der Waals surface area (Å²) >= 11 is 0. The van der Waals surface area contributed by atoms with E-state index in [9.17, 15) is 14.0 Å². The van der Waals surface area contributed by atoms with Crippen LogP contribution in [0.5, 0.6) is 0 Å². The van der Waals surface area contributed by atoms with Gasteiger partial charge in [-0.05, 0) is 24.6 Å². The van der Waals surface area contributed by atoms with Crippen LogP contribution in [0.4, 0.5) is 4.39 Å². The molecular formula is C12H13FO3. The van der Waals surface area contributed by atoms with Gasteiger partial charge in [0.2, 0.25) is 0 Å². The van der Waals surface area contributed by atoms with Crippen molar-refractivity contribution in [2.75, 3.05) is 7.11 Å². The smallest absolute Gasteiger partial charge is 0.315 e. The number of rotatable bonds is 4. The summed E-state index contributed by atoms with van der Waals surface area (Å²) in [7, 11) is 1.24. The molecule has 1 rings (SSSR count). The second kappa shape index (κ2) is 5.39. The number of esters is 1. The van der Waals surface area contributed by atoms with Gasteiger partial charge in [0, 0.05) is 6.42 Å². The number of Topliss-reactive ketones (excluding diaryl/α,β-unsaturated/α-hetero) is 1. The molecule has 0 fully saturated rings. The van der Waals surface area contributed by atoms with Crippen LogP contribution in [0.15, 0.2) is 24.3 Å². The monoisotopic (exact) mass is 224 g/mol. The molecule has 0 bridgehead atoms. The Bertz CT molecular complexity index is 384. The van der Waals surface area contributed by atoms with Gasteiger partial charge in [0.05, 0.1) is 7.11 Å². The zero-order chi connectivity index (χ0) is 12.1. The number of carbonyl (C=O) groups excluding carboxylic acids is 2. The number of ether oxygens (including phenoxy) is 1. The molecule has 16 heavy (non-hydrogen) atoms. The highest BCUT2D eigenvalue weighted by molar-refractivity contribution is 5.99. The molecule has 1 aromatic carbocycles. The second-order valence-corrected chi connectivity index (χ2v) is 3.51. The maximum absolute atomic E-state index is 12.6. The van der Waals surface area contributed by atoms with E-state index in [0.717, 1.165) is 0 Å². The van der Waals surface area contributed by atoms with Gasteiger partial charge in [-0.1, -0.05) is 12.1 Å². The van der Waals surface area contributed by atoms with Crippen LogP contribution >= 0.6 is 0 Å². The van der Waals surface area contributed by atoms with Crippen molar-refractivity contribution in [2.24, 2.45) is 5.92 Å². The first-order valence-corrected chi connectivity index (χ1v) is 4.89. The lowest BCUT2D eigenvalue weighted by molar-refractivity contribution is -0.148. The summed E-state index contributed by atoms with van der Waals surface area (Å²) in [4.78, 5) is 22.7. The molecule has 0 heterocycles. The molecule has 0 saturated heterocycles. The summed E-state index contributed by atoms with van der Waals surface area (Å²) in [5.41, 5.74) is 0.683. The molecule has 86 valence electrons. The van der Waals surface area contributed by atoms with Gasteiger partial charge in [0.25, 0.3) is 0 Å². The average molecular weight is 224 g/mol. The van der Waals surface area contributed by atoms with Crippen LogP contribution in [-0.2, 0) is 20.7 Å². The van der Waals surface area contributed by atoms with Crippen molar-refractivity contribution in [3.05, 3.63) is 35.6 Å². The van der Waals surface area contributed by atoms with Crippen LogP contribution in [0.2, 0.25) is 0 Å². The number of hydrogen-bond donors (Lipinski definition) is 0. The van der Waals surface area contributed by atoms with Crippen LogP contribution in [-0.4, -0.2) is 18.9 Å². The van der Waals surface area contributed by atoms with Gasteiger partial charge in [-0.25, -0.2) is 4.39 Å². The van der Waals surface area contributed by atoms with E-state index in [-0.39, 0.29) is 18.0 Å². The van der Waals surface area contributed by atoms with Gasteiger partial charge in [-0.2, -0.15) is 0 Å². The van der Waals surface area contributed by atoms with E-state index in [0.29, 0.717) is 5.56 Å². The SMILES string of the molecule is COC(=O)C(C)C(=O)Cc1ccc(F)cc1. The van der Waals surface area contributed by atoms with Gasteiger partial charge < -0.3 is 4.74 Å². The third-order valence-electron chi connectivity index (χ3n) is 2.33. The lowest BCUT2D eigenvalue weighted by atomic mass is 10.00. The average Bonchev–Trinajstić information content (AvgIpc) is 2.30. The molecule has 0 aliphatic carbocycles. The van der Waals surface area contributed by atoms with Crippen molar-refractivity contribution < 1.29 is 18.7 Å². The molecule has 0 aliphatic heterocycles. The summed E-state index contributed by atoms with van der Waals surface area (Å²) in [6, 6.07) is 5.62. The molecule has 0 saturated carbocycles. The molecule has 0 N–H and O–H groups in total. The predicted molar refractivity (Wildman–Crippen MR) is 56.3 cm³/mol. The summed E-state index contributed by atoms with van der Waals surface area (Å²) in [6.45, 7) is 1.50. The van der Waals surface area contributed by atoms with E-state index in [1.54, 1.807) is 0 Å². The molecule has 0 aliphatic rings. The fourth-order valence-electron chi connectivity index (χ4n) is 1.26. The highest BCUT2D eigenvalue weighted by Gasteiger charge is 2.21. The largest absolute Gasteiger partial charge is 0.468 e. The van der Waals surface area contributed by atoms with E-state index in [1.165, 1.54) is 38.3 Å². The van der Waals surface area contributed by atoms with E-state index < -0.39 is 11.9 Å². The summed E-state index contributed by atoms with van der Waals surface area (Å²) in [5, 5.41) is 0. The highest BCUT2D eigenvalue weighted by Crippen LogP contribution is 2.08. The van der Waals surface area contributed by atoms with Gasteiger partial charge in [-0.15, -0.1) is 0 Å². The Kier molecular flexibility index (Phi) is 4.17. The van der Waals surface area contributed by atoms with E-state index in [4.69, 9.17) is 0 Å². The first-order valence-electron chi connectivity index (χ1n) is 4.89. The fraction of sp³-hybridized carbons (Fsp3) is 0.333. The quantitative estimate of drug-likeness (QED) is 0.578. The molecule has 0 aromatic heterocycles. The van der Waals surface area contributed by atoms with Gasteiger partial charge in [0.1, 0.15) is 11.7 Å². The third-order valence-corrected chi connectivity index (χ3v) is 2.33. The normalized spacial score (nSPS) is 11.9. The Morgan fingerprint density at radius 2 is 1.88 bits per heavy atom. The number of halogens is 1. The van der Waals surface area contributed by atoms with E-state index >= 15 is 0 Å². The predicted octanol–water partition coefficient (Wildman–Crippen LogP) is 1.75. The van der Waals surface area contributed by atoms with Crippen LogP contribution in [0, 0.1) is 11.7 Å². The van der Waals surface area contributed by atoms with Crippen molar-refractivity contribution in [2.45, 2.75) is 13.3 Å². The number of hydrogen-bond acceptors (Lipinski definition) is 3. The fourth-order valence-corrected chi connectivity index (χ4v) is 1.26. The minimum Gasteiger partial charge on any atom is -0.468 e. The first kappa shape index (κ1) is 12.4. The number of benzene rings is 1. The van der Waals surface area contributed by atoms with Crippen LogP contribution in [0.1, 0.15) is 12.5 Å². The Hall–Kier alpha value is -1.71. The summed E-state index contributed by atoms with van der Waals surface area (Å²) in [5.74, 6) is -1.92. The van der Waals surface area contributed by atoms with Crippen molar-refractivity contribution in [1.82, 2.24) is 0 Å². The molecule has 0 spiro atoms. The van der Waals surface area contributed by atoms with Crippen molar-refractivity contribution in [1.29, 1.82) is 0 Å².